The van der Waals surface area contributed by atoms with Crippen molar-refractivity contribution >= 4 is 0 Å². The van der Waals surface area contributed by atoms with Crippen molar-refractivity contribution in [3.05, 3.63) is 33.9 Å². The van der Waals surface area contributed by atoms with E-state index in [0.717, 1.165) is 12.1 Å². The van der Waals surface area contributed by atoms with E-state index < -0.39 is 46.5 Å². The second kappa shape index (κ2) is 4.91. The van der Waals surface area contributed by atoms with Crippen LogP contribution in [0.2, 0.25) is 0 Å². The lowest BCUT2D eigenvalue weighted by Gasteiger charge is -2.15. The lowest BCUT2D eigenvalue weighted by Crippen LogP contribution is -2.17. The van der Waals surface area contributed by atoms with Crippen molar-refractivity contribution in [1.82, 2.24) is 0 Å². The Bertz CT molecular complexity index is 656. The van der Waals surface area contributed by atoms with Crippen LogP contribution < -0.4 is 0 Å². The van der Waals surface area contributed by atoms with Crippen LogP contribution in [-0.4, -0.2) is 0 Å². The van der Waals surface area contributed by atoms with Gasteiger partial charge in [-0.2, -0.15) is 29.0 Å². The Labute approximate surface area is 103 Å². The van der Waals surface area contributed by atoms with Gasteiger partial charge in [-0.3, -0.25) is 0 Å². The molecule has 0 aliphatic heterocycles. The van der Waals surface area contributed by atoms with Gasteiger partial charge in [-0.1, -0.05) is 0 Å². The Morgan fingerprint density at radius 2 is 1.37 bits per heavy atom. The molecule has 1 aromatic carbocycles. The highest BCUT2D eigenvalue weighted by molar-refractivity contribution is 5.54. The molecule has 3 nitrogen and oxygen atoms in total. The summed E-state index contributed by atoms with van der Waals surface area (Å²) >= 11 is 0. The van der Waals surface area contributed by atoms with E-state index in [1.807, 2.05) is 0 Å². The summed E-state index contributed by atoms with van der Waals surface area (Å²) in [6.45, 7) is 0. The Hall–Kier alpha value is -2.66. The van der Waals surface area contributed by atoms with Crippen LogP contribution in [-0.2, 0) is 12.6 Å². The number of nitriles is 3. The number of rotatable bonds is 1. The topological polar surface area (TPSA) is 71.4 Å². The normalized spacial score (nSPS) is 10.4. The molecule has 0 aliphatic rings. The molecular formula is C11H2F5N3. The zero-order valence-corrected chi connectivity index (χ0v) is 8.94. The van der Waals surface area contributed by atoms with Gasteiger partial charge in [-0.05, 0) is 0 Å². The van der Waals surface area contributed by atoms with Gasteiger partial charge in [0.15, 0.2) is 5.82 Å². The Kier molecular flexibility index (Phi) is 3.72. The molecule has 1 aromatic rings. The molecule has 8 heteroatoms. The molecule has 0 aromatic heterocycles. The lowest BCUT2D eigenvalue weighted by molar-refractivity contribution is -0.140. The zero-order chi connectivity index (χ0) is 14.8. The van der Waals surface area contributed by atoms with Crippen molar-refractivity contribution in [2.24, 2.45) is 0 Å². The fourth-order valence-corrected chi connectivity index (χ4v) is 1.49. The van der Waals surface area contributed by atoms with E-state index in [2.05, 4.69) is 0 Å². The number of hydrogen-bond donors (Lipinski definition) is 0. The summed E-state index contributed by atoms with van der Waals surface area (Å²) in [4.78, 5) is 0. The number of hydrogen-bond acceptors (Lipinski definition) is 3. The first-order chi connectivity index (χ1) is 8.79. The van der Waals surface area contributed by atoms with E-state index in [4.69, 9.17) is 15.8 Å². The zero-order valence-electron chi connectivity index (χ0n) is 8.94. The molecule has 19 heavy (non-hydrogen) atoms. The predicted molar refractivity (Wildman–Crippen MR) is 50.1 cm³/mol. The first kappa shape index (κ1) is 14.4. The molecule has 0 radical (unpaired) electrons. The average molecular weight is 271 g/mol. The molecule has 0 heterocycles. The quantitative estimate of drug-likeness (QED) is 0.737. The summed E-state index contributed by atoms with van der Waals surface area (Å²) in [6, 6.07) is 3.39. The van der Waals surface area contributed by atoms with Crippen molar-refractivity contribution < 1.29 is 22.0 Å². The third-order valence-corrected chi connectivity index (χ3v) is 2.24. The maximum atomic E-state index is 13.7. The lowest BCUT2D eigenvalue weighted by atomic mass is 9.95. The van der Waals surface area contributed by atoms with E-state index in [1.165, 1.54) is 6.07 Å². The second-order valence-corrected chi connectivity index (χ2v) is 3.29. The standard InChI is InChI=1S/C11H2F5N3/c12-9-5(1-2-17)8(11(14,15)16)10(13)7(4-19)6(9)3-18/h1H2. The minimum absolute atomic E-state index is 1.02. The number of halogens is 5. The molecule has 0 bridgehead atoms. The van der Waals surface area contributed by atoms with Gasteiger partial charge in [0.2, 0.25) is 0 Å². The average Bonchev–Trinajstić information content (AvgIpc) is 2.31. The van der Waals surface area contributed by atoms with E-state index >= 15 is 0 Å². The van der Waals surface area contributed by atoms with Crippen LogP contribution in [0.1, 0.15) is 22.3 Å². The molecule has 0 N–H and O–H groups in total. The molecule has 0 amide bonds. The highest BCUT2D eigenvalue weighted by Crippen LogP contribution is 2.38. The van der Waals surface area contributed by atoms with Crippen LogP contribution in [0.25, 0.3) is 0 Å². The molecule has 0 saturated heterocycles. The van der Waals surface area contributed by atoms with Gasteiger partial charge in [0.05, 0.1) is 18.1 Å². The summed E-state index contributed by atoms with van der Waals surface area (Å²) in [5.74, 6) is -3.74. The van der Waals surface area contributed by atoms with Gasteiger partial charge >= 0.3 is 6.18 Å². The van der Waals surface area contributed by atoms with Crippen LogP contribution in [0.3, 0.4) is 0 Å². The van der Waals surface area contributed by atoms with E-state index in [-0.39, 0.29) is 0 Å². The van der Waals surface area contributed by atoms with Crippen molar-refractivity contribution in [2.75, 3.05) is 0 Å². The van der Waals surface area contributed by atoms with Crippen LogP contribution in [0.15, 0.2) is 0 Å². The van der Waals surface area contributed by atoms with Crippen molar-refractivity contribution in [3.63, 3.8) is 0 Å². The summed E-state index contributed by atoms with van der Waals surface area (Å²) < 4.78 is 65.3. The number of benzene rings is 1. The number of alkyl halides is 3. The third kappa shape index (κ3) is 2.31. The van der Waals surface area contributed by atoms with Gasteiger partial charge in [0.1, 0.15) is 29.1 Å². The summed E-state index contributed by atoms with van der Waals surface area (Å²) in [5.41, 5.74) is -5.77. The fraction of sp³-hybridized carbons (Fsp3) is 0.182. The van der Waals surface area contributed by atoms with E-state index in [9.17, 15) is 22.0 Å². The molecular weight excluding hydrogens is 269 g/mol. The van der Waals surface area contributed by atoms with Crippen molar-refractivity contribution in [3.8, 4) is 18.2 Å². The van der Waals surface area contributed by atoms with Gasteiger partial charge in [-0.25, -0.2) is 8.78 Å². The number of nitrogens with zero attached hydrogens (tertiary/aromatic N) is 3. The largest absolute Gasteiger partial charge is 0.419 e. The Morgan fingerprint density at radius 3 is 1.74 bits per heavy atom. The monoisotopic (exact) mass is 271 g/mol. The van der Waals surface area contributed by atoms with Crippen molar-refractivity contribution in [2.45, 2.75) is 12.6 Å². The summed E-state index contributed by atoms with van der Waals surface area (Å²) in [7, 11) is 0. The fourth-order valence-electron chi connectivity index (χ4n) is 1.49. The van der Waals surface area contributed by atoms with Crippen LogP contribution in [0.4, 0.5) is 22.0 Å². The highest BCUT2D eigenvalue weighted by Gasteiger charge is 2.41. The maximum Gasteiger partial charge on any atom is 0.419 e. The van der Waals surface area contributed by atoms with Gasteiger partial charge in [0.25, 0.3) is 0 Å². The molecule has 0 atom stereocenters. The molecule has 0 aliphatic carbocycles. The van der Waals surface area contributed by atoms with Crippen molar-refractivity contribution in [1.29, 1.82) is 15.8 Å². The van der Waals surface area contributed by atoms with Gasteiger partial charge in [0, 0.05) is 5.56 Å². The van der Waals surface area contributed by atoms with E-state index in [0.29, 0.717) is 0 Å². The predicted octanol–water partition coefficient (Wildman–Crippen LogP) is 2.79. The molecule has 1 rings (SSSR count). The minimum atomic E-state index is -5.28. The third-order valence-electron chi connectivity index (χ3n) is 2.24. The molecule has 0 saturated carbocycles. The Balaban J connectivity index is 3.94. The Morgan fingerprint density at radius 1 is 0.895 bits per heavy atom. The first-order valence-corrected chi connectivity index (χ1v) is 4.57. The van der Waals surface area contributed by atoms with Gasteiger partial charge < -0.3 is 0 Å². The minimum Gasteiger partial charge on any atom is -0.205 e. The molecule has 0 spiro atoms. The highest BCUT2D eigenvalue weighted by atomic mass is 19.4. The van der Waals surface area contributed by atoms with Gasteiger partial charge in [-0.15, -0.1) is 0 Å². The van der Waals surface area contributed by atoms with Crippen LogP contribution in [0.5, 0.6) is 0 Å². The van der Waals surface area contributed by atoms with Crippen LogP contribution in [0, 0.1) is 45.6 Å². The molecule has 0 fully saturated rings. The van der Waals surface area contributed by atoms with E-state index in [1.54, 1.807) is 0 Å². The SMILES string of the molecule is N#CCc1c(F)c(C#N)c(C#N)c(F)c1C(F)(F)F. The second-order valence-electron chi connectivity index (χ2n) is 3.29. The summed E-state index contributed by atoms with van der Waals surface area (Å²) in [5, 5.41) is 25.5. The first-order valence-electron chi connectivity index (χ1n) is 4.57. The maximum absolute atomic E-state index is 13.7. The summed E-state index contributed by atoms with van der Waals surface area (Å²) in [6.07, 6.45) is -6.35. The van der Waals surface area contributed by atoms with Crippen LogP contribution >= 0.6 is 0 Å². The smallest absolute Gasteiger partial charge is 0.205 e. The molecule has 96 valence electrons. The molecule has 0 unspecified atom stereocenters.